The maximum Gasteiger partial charge on any atom is 0.142 e. The van der Waals surface area contributed by atoms with E-state index in [1.807, 2.05) is 24.3 Å². The molecule has 0 spiro atoms. The Labute approximate surface area is 138 Å². The molecule has 2 aromatic rings. The third-order valence-electron chi connectivity index (χ3n) is 3.43. The van der Waals surface area contributed by atoms with Crippen molar-refractivity contribution in [3.05, 3.63) is 64.4 Å². The summed E-state index contributed by atoms with van der Waals surface area (Å²) in [5.74, 6) is 0.896. The second kappa shape index (κ2) is 7.81. The molecule has 1 atom stereocenters. The molecule has 0 fully saturated rings. The number of halogens is 3. The number of para-hydroxylation sites is 1. The first-order chi connectivity index (χ1) is 10.1. The van der Waals surface area contributed by atoms with E-state index in [1.54, 1.807) is 13.2 Å². The summed E-state index contributed by atoms with van der Waals surface area (Å²) in [5.41, 5.74) is 2.12. The first-order valence-electron chi connectivity index (χ1n) is 6.75. The molecule has 112 valence electrons. The van der Waals surface area contributed by atoms with Crippen LogP contribution >= 0.6 is 27.5 Å². The number of ether oxygens (including phenoxy) is 1. The Morgan fingerprint density at radius 2 is 1.95 bits per heavy atom. The minimum atomic E-state index is -0.361. The maximum absolute atomic E-state index is 13.5. The number of hydrogen-bond donors (Lipinski definition) is 0. The van der Waals surface area contributed by atoms with E-state index in [0.717, 1.165) is 29.5 Å². The average molecular weight is 372 g/mol. The van der Waals surface area contributed by atoms with Crippen molar-refractivity contribution in [3.8, 4) is 5.75 Å². The third kappa shape index (κ3) is 4.45. The lowest BCUT2D eigenvalue weighted by Gasteiger charge is -2.16. The Hall–Kier alpha value is -1.06. The van der Waals surface area contributed by atoms with Crippen molar-refractivity contribution < 1.29 is 9.13 Å². The highest BCUT2D eigenvalue weighted by Gasteiger charge is 2.13. The Bertz CT molecular complexity index is 603. The van der Waals surface area contributed by atoms with Gasteiger partial charge in [-0.05, 0) is 48.1 Å². The Morgan fingerprint density at radius 1 is 1.19 bits per heavy atom. The predicted molar refractivity (Wildman–Crippen MR) is 89.1 cm³/mol. The van der Waals surface area contributed by atoms with Crippen molar-refractivity contribution in [3.63, 3.8) is 0 Å². The molecule has 0 heterocycles. The zero-order chi connectivity index (χ0) is 15.2. The molecule has 0 amide bonds. The molecular formula is C17H17BrClFO. The highest BCUT2D eigenvalue weighted by Crippen LogP contribution is 2.25. The van der Waals surface area contributed by atoms with Crippen LogP contribution in [0.1, 0.15) is 11.1 Å². The second-order valence-electron chi connectivity index (χ2n) is 4.99. The van der Waals surface area contributed by atoms with Gasteiger partial charge in [0, 0.05) is 5.33 Å². The molecule has 0 aliphatic rings. The smallest absolute Gasteiger partial charge is 0.142 e. The number of methoxy groups -OCH3 is 1. The minimum absolute atomic E-state index is 0.166. The summed E-state index contributed by atoms with van der Waals surface area (Å²) in [6, 6.07) is 13.0. The number of rotatable bonds is 6. The molecule has 0 bridgehead atoms. The largest absolute Gasteiger partial charge is 0.496 e. The summed E-state index contributed by atoms with van der Waals surface area (Å²) in [4.78, 5) is 0. The Balaban J connectivity index is 2.11. The molecule has 1 unspecified atom stereocenters. The summed E-state index contributed by atoms with van der Waals surface area (Å²) >= 11 is 9.27. The van der Waals surface area contributed by atoms with Gasteiger partial charge in [0.1, 0.15) is 11.6 Å². The average Bonchev–Trinajstić information content (AvgIpc) is 2.50. The van der Waals surface area contributed by atoms with Crippen LogP contribution in [0.2, 0.25) is 5.02 Å². The summed E-state index contributed by atoms with van der Waals surface area (Å²) in [6.45, 7) is 0. The van der Waals surface area contributed by atoms with Crippen molar-refractivity contribution in [1.29, 1.82) is 0 Å². The van der Waals surface area contributed by atoms with Gasteiger partial charge in [-0.25, -0.2) is 4.39 Å². The van der Waals surface area contributed by atoms with Crippen LogP contribution in [-0.2, 0) is 12.8 Å². The first kappa shape index (κ1) is 16.3. The molecule has 0 saturated carbocycles. The van der Waals surface area contributed by atoms with Crippen LogP contribution in [0.3, 0.4) is 0 Å². The van der Waals surface area contributed by atoms with E-state index < -0.39 is 0 Å². The van der Waals surface area contributed by atoms with Crippen LogP contribution in [-0.4, -0.2) is 12.4 Å². The molecule has 0 radical (unpaired) electrons. The molecule has 2 aromatic carbocycles. The zero-order valence-electron chi connectivity index (χ0n) is 11.8. The molecule has 4 heteroatoms. The number of hydrogen-bond acceptors (Lipinski definition) is 1. The first-order valence-corrected chi connectivity index (χ1v) is 8.25. The van der Waals surface area contributed by atoms with Gasteiger partial charge in [0.05, 0.1) is 12.1 Å². The summed E-state index contributed by atoms with van der Waals surface area (Å²) in [5, 5.41) is 1.01. The molecule has 1 nitrogen and oxygen atoms in total. The monoisotopic (exact) mass is 370 g/mol. The highest BCUT2D eigenvalue weighted by atomic mass is 79.9. The molecule has 0 saturated heterocycles. The van der Waals surface area contributed by atoms with Crippen molar-refractivity contribution in [2.45, 2.75) is 12.8 Å². The van der Waals surface area contributed by atoms with E-state index in [1.165, 1.54) is 11.6 Å². The van der Waals surface area contributed by atoms with Gasteiger partial charge in [-0.1, -0.05) is 51.8 Å². The normalized spacial score (nSPS) is 12.2. The third-order valence-corrected chi connectivity index (χ3v) is 4.65. The lowest BCUT2D eigenvalue weighted by atomic mass is 9.94. The summed E-state index contributed by atoms with van der Waals surface area (Å²) in [7, 11) is 1.68. The maximum atomic E-state index is 13.5. The van der Waals surface area contributed by atoms with E-state index in [0.29, 0.717) is 5.92 Å². The van der Waals surface area contributed by atoms with Gasteiger partial charge in [0.2, 0.25) is 0 Å². The molecule has 0 N–H and O–H groups in total. The number of alkyl halides is 1. The van der Waals surface area contributed by atoms with E-state index in [9.17, 15) is 4.39 Å². The van der Waals surface area contributed by atoms with Crippen LogP contribution in [0.5, 0.6) is 5.75 Å². The van der Waals surface area contributed by atoms with Crippen molar-refractivity contribution in [2.75, 3.05) is 12.4 Å². The molecule has 0 aliphatic heterocycles. The molecule has 21 heavy (non-hydrogen) atoms. The SMILES string of the molecule is COc1ccccc1CC(CBr)Cc1ccc(Cl)c(F)c1. The molecule has 0 aliphatic carbocycles. The highest BCUT2D eigenvalue weighted by molar-refractivity contribution is 9.09. The van der Waals surface area contributed by atoms with Gasteiger partial charge in [-0.3, -0.25) is 0 Å². The molecule has 0 aromatic heterocycles. The van der Waals surface area contributed by atoms with Gasteiger partial charge in [0.25, 0.3) is 0 Å². The fraction of sp³-hybridized carbons (Fsp3) is 0.294. The van der Waals surface area contributed by atoms with Gasteiger partial charge in [-0.2, -0.15) is 0 Å². The quantitative estimate of drug-likeness (QED) is 0.627. The van der Waals surface area contributed by atoms with Crippen LogP contribution in [0.25, 0.3) is 0 Å². The lowest BCUT2D eigenvalue weighted by Crippen LogP contribution is -2.11. The molecule has 2 rings (SSSR count). The minimum Gasteiger partial charge on any atom is -0.496 e. The van der Waals surface area contributed by atoms with Gasteiger partial charge in [-0.15, -0.1) is 0 Å². The summed E-state index contributed by atoms with van der Waals surface area (Å²) in [6.07, 6.45) is 1.66. The van der Waals surface area contributed by atoms with Crippen molar-refractivity contribution in [1.82, 2.24) is 0 Å². The summed E-state index contributed by atoms with van der Waals surface area (Å²) < 4.78 is 18.9. The second-order valence-corrected chi connectivity index (χ2v) is 6.04. The van der Waals surface area contributed by atoms with Gasteiger partial charge in [0.15, 0.2) is 0 Å². The van der Waals surface area contributed by atoms with E-state index in [2.05, 4.69) is 22.0 Å². The fourth-order valence-electron chi connectivity index (χ4n) is 2.36. The van der Waals surface area contributed by atoms with E-state index in [4.69, 9.17) is 16.3 Å². The fourth-order valence-corrected chi connectivity index (χ4v) is 2.94. The topological polar surface area (TPSA) is 9.23 Å². The van der Waals surface area contributed by atoms with Crippen molar-refractivity contribution >= 4 is 27.5 Å². The van der Waals surface area contributed by atoms with Crippen LogP contribution in [0, 0.1) is 11.7 Å². The Kier molecular flexibility index (Phi) is 6.07. The Morgan fingerprint density at radius 3 is 2.62 bits per heavy atom. The zero-order valence-corrected chi connectivity index (χ0v) is 14.1. The van der Waals surface area contributed by atoms with E-state index >= 15 is 0 Å². The van der Waals surface area contributed by atoms with Crippen molar-refractivity contribution in [2.24, 2.45) is 5.92 Å². The van der Waals surface area contributed by atoms with Gasteiger partial charge < -0.3 is 4.74 Å². The molecular weight excluding hydrogens is 355 g/mol. The van der Waals surface area contributed by atoms with E-state index in [-0.39, 0.29) is 10.8 Å². The predicted octanol–water partition coefficient (Wildman–Crippen LogP) is 5.28. The van der Waals surface area contributed by atoms with Crippen LogP contribution < -0.4 is 4.74 Å². The van der Waals surface area contributed by atoms with Crippen LogP contribution in [0.15, 0.2) is 42.5 Å². The number of benzene rings is 2. The lowest BCUT2D eigenvalue weighted by molar-refractivity contribution is 0.406. The standard InChI is InChI=1S/C17H17BrClFO/c1-21-17-5-3-2-4-14(17)9-13(11-18)8-12-6-7-15(19)16(20)10-12/h2-7,10,13H,8-9,11H2,1H3. The van der Waals surface area contributed by atoms with Gasteiger partial charge >= 0.3 is 0 Å². The van der Waals surface area contributed by atoms with Crippen LogP contribution in [0.4, 0.5) is 4.39 Å².